The molecule has 0 heterocycles. The summed E-state index contributed by atoms with van der Waals surface area (Å²) in [6, 6.07) is 0. The molecule has 0 fully saturated rings. The molecule has 0 aliphatic carbocycles. The molecule has 0 saturated carbocycles. The van der Waals surface area contributed by atoms with Gasteiger partial charge in [0.15, 0.2) is 6.10 Å². The van der Waals surface area contributed by atoms with Crippen molar-refractivity contribution in [3.8, 4) is 0 Å². The normalized spacial score (nSPS) is 13.6. The third kappa shape index (κ3) is 47.8. The minimum absolute atomic E-state index is 0.0330. The highest BCUT2D eigenvalue weighted by atomic mass is 31.2. The first-order valence-corrected chi connectivity index (χ1v) is 27.1. The van der Waals surface area contributed by atoms with Gasteiger partial charge in [0.2, 0.25) is 0 Å². The van der Waals surface area contributed by atoms with Crippen LogP contribution in [0.25, 0.3) is 0 Å². The molecule has 0 aromatic rings. The Morgan fingerprint density at radius 1 is 0.508 bits per heavy atom. The second-order valence-electron chi connectivity index (χ2n) is 18.6. The minimum Gasteiger partial charge on any atom is -0.462 e. The second kappa shape index (κ2) is 43.7. The first-order chi connectivity index (χ1) is 29.5. The standard InChI is InChI=1S/C51H98NO8P/c1-6-8-10-12-14-16-18-20-22-24-26-28-30-32-34-36-38-40-42-44-51(54)60-49(48-59-61(55,56)58-46-45-52(3,4)5)47-57-50(53)43-41-39-37-35-33-31-29-27-25-23-21-19-17-15-13-11-9-7-2/h14,16,20,22,49H,6-13,15,17-19,21,23-48H2,1-5H3/p+1/b16-14-,22-20-/t49-/m1/s1. The largest absolute Gasteiger partial charge is 0.472 e. The summed E-state index contributed by atoms with van der Waals surface area (Å²) in [6.07, 6.45) is 49.3. The van der Waals surface area contributed by atoms with Gasteiger partial charge in [-0.25, -0.2) is 4.57 Å². The monoisotopic (exact) mass is 885 g/mol. The summed E-state index contributed by atoms with van der Waals surface area (Å²) in [7, 11) is 1.48. The van der Waals surface area contributed by atoms with Gasteiger partial charge in [-0.05, 0) is 44.9 Å². The van der Waals surface area contributed by atoms with Crippen LogP contribution in [0.15, 0.2) is 24.3 Å². The number of likely N-dealkylation sites (N-methyl/N-ethyl adjacent to an activating group) is 1. The highest BCUT2D eigenvalue weighted by Crippen LogP contribution is 2.43. The molecule has 0 aromatic heterocycles. The second-order valence-corrected chi connectivity index (χ2v) is 20.0. The maximum absolute atomic E-state index is 12.7. The SMILES string of the molecule is CCCCC/C=C\C/C=C\CCCCCCCCCCCC(=O)O[C@H](COC(=O)CCCCCCCCCCCCCCCCCCCC)COP(=O)(O)OCC[N+](C)(C)C. The van der Waals surface area contributed by atoms with Gasteiger partial charge in [0.05, 0.1) is 27.7 Å². The zero-order chi connectivity index (χ0) is 45.0. The third-order valence-corrected chi connectivity index (χ3v) is 12.2. The first kappa shape index (κ1) is 59.5. The number of nitrogens with zero attached hydrogens (tertiary/aromatic N) is 1. The average molecular weight is 885 g/mol. The molecule has 0 aliphatic rings. The van der Waals surface area contributed by atoms with Gasteiger partial charge in [-0.2, -0.15) is 0 Å². The summed E-state index contributed by atoms with van der Waals surface area (Å²) in [4.78, 5) is 35.5. The van der Waals surface area contributed by atoms with E-state index in [1.54, 1.807) is 0 Å². The summed E-state index contributed by atoms with van der Waals surface area (Å²) in [5.74, 6) is -0.791. The van der Waals surface area contributed by atoms with E-state index in [1.165, 1.54) is 161 Å². The van der Waals surface area contributed by atoms with Gasteiger partial charge in [0.25, 0.3) is 0 Å². The number of rotatable bonds is 47. The summed E-state index contributed by atoms with van der Waals surface area (Å²) < 4.78 is 34.5. The molecule has 1 unspecified atom stereocenters. The van der Waals surface area contributed by atoms with Gasteiger partial charge in [0, 0.05) is 12.8 Å². The molecule has 360 valence electrons. The minimum atomic E-state index is -4.38. The highest BCUT2D eigenvalue weighted by molar-refractivity contribution is 7.47. The van der Waals surface area contributed by atoms with Crippen LogP contribution in [-0.4, -0.2) is 74.9 Å². The zero-order valence-electron chi connectivity index (χ0n) is 40.7. The molecule has 0 spiro atoms. The molecule has 61 heavy (non-hydrogen) atoms. The van der Waals surface area contributed by atoms with Crippen molar-refractivity contribution in [1.82, 2.24) is 0 Å². The average Bonchev–Trinajstić information content (AvgIpc) is 3.21. The fourth-order valence-corrected chi connectivity index (χ4v) is 7.96. The van der Waals surface area contributed by atoms with E-state index in [2.05, 4.69) is 38.2 Å². The smallest absolute Gasteiger partial charge is 0.462 e. The molecule has 10 heteroatoms. The highest BCUT2D eigenvalue weighted by Gasteiger charge is 2.27. The molecular formula is C51H99NO8P+. The number of esters is 2. The fraction of sp³-hybridized carbons (Fsp3) is 0.882. The van der Waals surface area contributed by atoms with Crippen LogP contribution in [0.2, 0.25) is 0 Å². The van der Waals surface area contributed by atoms with Crippen molar-refractivity contribution < 1.29 is 42.1 Å². The molecule has 1 N–H and O–H groups in total. The van der Waals surface area contributed by atoms with Crippen molar-refractivity contribution in [1.29, 1.82) is 0 Å². The van der Waals surface area contributed by atoms with Crippen molar-refractivity contribution in [2.75, 3.05) is 47.5 Å². The third-order valence-electron chi connectivity index (χ3n) is 11.2. The lowest BCUT2D eigenvalue weighted by Crippen LogP contribution is -2.37. The van der Waals surface area contributed by atoms with E-state index < -0.39 is 26.5 Å². The molecular weight excluding hydrogens is 786 g/mol. The predicted octanol–water partition coefficient (Wildman–Crippen LogP) is 15.1. The van der Waals surface area contributed by atoms with E-state index in [0.29, 0.717) is 23.9 Å². The van der Waals surface area contributed by atoms with Crippen LogP contribution in [0, 0.1) is 0 Å². The predicted molar refractivity (Wildman–Crippen MR) is 257 cm³/mol. The summed E-state index contributed by atoms with van der Waals surface area (Å²) in [5.41, 5.74) is 0. The fourth-order valence-electron chi connectivity index (χ4n) is 7.22. The number of carbonyl (C=O) groups excluding carboxylic acids is 2. The lowest BCUT2D eigenvalue weighted by molar-refractivity contribution is -0.870. The van der Waals surface area contributed by atoms with E-state index in [0.717, 1.165) is 44.9 Å². The topological polar surface area (TPSA) is 108 Å². The van der Waals surface area contributed by atoms with E-state index in [1.807, 2.05) is 21.1 Å². The number of hydrogen-bond acceptors (Lipinski definition) is 7. The molecule has 0 rings (SSSR count). The van der Waals surface area contributed by atoms with Crippen LogP contribution in [0.5, 0.6) is 0 Å². The van der Waals surface area contributed by atoms with Crippen LogP contribution < -0.4 is 0 Å². The van der Waals surface area contributed by atoms with Crippen LogP contribution in [0.4, 0.5) is 0 Å². The number of ether oxygens (including phenoxy) is 2. The summed E-state index contributed by atoms with van der Waals surface area (Å²) in [6.45, 7) is 4.44. The molecule has 0 radical (unpaired) electrons. The number of quaternary nitrogens is 1. The maximum Gasteiger partial charge on any atom is 0.472 e. The van der Waals surface area contributed by atoms with Crippen molar-refractivity contribution in [3.63, 3.8) is 0 Å². The number of hydrogen-bond donors (Lipinski definition) is 1. The maximum atomic E-state index is 12.7. The van der Waals surface area contributed by atoms with Crippen molar-refractivity contribution >= 4 is 19.8 Å². The summed E-state index contributed by atoms with van der Waals surface area (Å²) >= 11 is 0. The Bertz CT molecular complexity index is 1090. The van der Waals surface area contributed by atoms with E-state index in [9.17, 15) is 19.0 Å². The van der Waals surface area contributed by atoms with Crippen LogP contribution in [-0.2, 0) is 32.7 Å². The molecule has 0 bridgehead atoms. The molecule has 0 amide bonds. The van der Waals surface area contributed by atoms with Gasteiger partial charge in [-0.15, -0.1) is 0 Å². The summed E-state index contributed by atoms with van der Waals surface area (Å²) in [5, 5.41) is 0. The Morgan fingerprint density at radius 3 is 1.33 bits per heavy atom. The number of phosphoric ester groups is 1. The molecule has 0 saturated heterocycles. The number of carbonyl (C=O) groups is 2. The van der Waals surface area contributed by atoms with Crippen molar-refractivity contribution in [2.24, 2.45) is 0 Å². The lowest BCUT2D eigenvalue weighted by Gasteiger charge is -2.24. The number of allylic oxidation sites excluding steroid dienone is 4. The van der Waals surface area contributed by atoms with Crippen molar-refractivity contribution in [2.45, 2.75) is 245 Å². The van der Waals surface area contributed by atoms with Crippen LogP contribution in [0.3, 0.4) is 0 Å². The van der Waals surface area contributed by atoms with Gasteiger partial charge in [0.1, 0.15) is 19.8 Å². The molecule has 2 atom stereocenters. The Labute approximate surface area is 377 Å². The van der Waals surface area contributed by atoms with Gasteiger partial charge < -0.3 is 18.9 Å². The first-order valence-electron chi connectivity index (χ1n) is 25.6. The Kier molecular flexibility index (Phi) is 42.6. The van der Waals surface area contributed by atoms with E-state index in [-0.39, 0.29) is 25.6 Å². The van der Waals surface area contributed by atoms with Gasteiger partial charge in [-0.1, -0.05) is 205 Å². The lowest BCUT2D eigenvalue weighted by atomic mass is 10.0. The van der Waals surface area contributed by atoms with Gasteiger partial charge >= 0.3 is 19.8 Å². The number of unbranched alkanes of at least 4 members (excludes halogenated alkanes) is 29. The van der Waals surface area contributed by atoms with Crippen LogP contribution in [0.1, 0.15) is 239 Å². The Hall–Kier alpha value is -1.51. The van der Waals surface area contributed by atoms with Crippen LogP contribution >= 0.6 is 7.82 Å². The zero-order valence-corrected chi connectivity index (χ0v) is 41.6. The molecule has 9 nitrogen and oxygen atoms in total. The molecule has 0 aliphatic heterocycles. The Morgan fingerprint density at radius 2 is 0.885 bits per heavy atom. The quantitative estimate of drug-likeness (QED) is 0.0212. The Balaban J connectivity index is 4.24. The van der Waals surface area contributed by atoms with Gasteiger partial charge in [-0.3, -0.25) is 18.6 Å². The molecule has 0 aromatic carbocycles. The van der Waals surface area contributed by atoms with Crippen molar-refractivity contribution in [3.05, 3.63) is 24.3 Å². The number of phosphoric acid groups is 1. The van der Waals surface area contributed by atoms with E-state index >= 15 is 0 Å². The van der Waals surface area contributed by atoms with E-state index in [4.69, 9.17) is 18.5 Å².